The van der Waals surface area contributed by atoms with E-state index in [1.54, 1.807) is 0 Å². The fourth-order valence-electron chi connectivity index (χ4n) is 1.83. The molecule has 1 atom stereocenters. The van der Waals surface area contributed by atoms with Crippen LogP contribution >= 0.6 is 0 Å². The smallest absolute Gasteiger partial charge is 0.328 e. The Kier molecular flexibility index (Phi) is 5.42. The molecule has 1 aromatic rings. The van der Waals surface area contributed by atoms with Crippen molar-refractivity contribution in [1.29, 1.82) is 0 Å². The van der Waals surface area contributed by atoms with Crippen LogP contribution in [0.2, 0.25) is 0 Å². The maximum Gasteiger partial charge on any atom is 0.328 e. The standard InChI is InChI=1S/C13H17FN2O4/c1-8(2)7-11(13(17)20-3)15-10-6-4-5-9(14)12(10)16(18)19/h4-6,8,11,15H,7H2,1-3H3. The second kappa shape index (κ2) is 6.83. The number of benzene rings is 1. The summed E-state index contributed by atoms with van der Waals surface area (Å²) in [5, 5.41) is 13.6. The van der Waals surface area contributed by atoms with E-state index in [0.29, 0.717) is 6.42 Å². The Morgan fingerprint density at radius 3 is 2.65 bits per heavy atom. The maximum atomic E-state index is 13.5. The molecule has 20 heavy (non-hydrogen) atoms. The molecule has 0 fully saturated rings. The average Bonchev–Trinajstić information content (AvgIpc) is 2.36. The van der Waals surface area contributed by atoms with Gasteiger partial charge in [0.2, 0.25) is 5.82 Å². The number of hydrogen-bond acceptors (Lipinski definition) is 5. The summed E-state index contributed by atoms with van der Waals surface area (Å²) in [6, 6.07) is 2.94. The first kappa shape index (κ1) is 15.9. The van der Waals surface area contributed by atoms with E-state index >= 15 is 0 Å². The minimum Gasteiger partial charge on any atom is -0.467 e. The number of para-hydroxylation sites is 1. The normalized spacial score (nSPS) is 12.1. The van der Waals surface area contributed by atoms with E-state index in [2.05, 4.69) is 10.1 Å². The summed E-state index contributed by atoms with van der Waals surface area (Å²) in [5.41, 5.74) is -0.712. The molecular formula is C13H17FN2O4. The van der Waals surface area contributed by atoms with E-state index < -0.39 is 28.4 Å². The number of nitrogens with one attached hydrogen (secondary N) is 1. The predicted octanol–water partition coefficient (Wildman–Crippen LogP) is 2.73. The van der Waals surface area contributed by atoms with Gasteiger partial charge in [0.1, 0.15) is 11.7 Å². The molecule has 0 amide bonds. The third kappa shape index (κ3) is 3.91. The Labute approximate surface area is 116 Å². The first-order valence-corrected chi connectivity index (χ1v) is 6.14. The van der Waals surface area contributed by atoms with E-state index in [4.69, 9.17) is 0 Å². The Morgan fingerprint density at radius 1 is 1.50 bits per heavy atom. The third-order valence-electron chi connectivity index (χ3n) is 2.69. The van der Waals surface area contributed by atoms with Gasteiger partial charge >= 0.3 is 11.7 Å². The van der Waals surface area contributed by atoms with Gasteiger partial charge in [0.05, 0.1) is 12.0 Å². The minimum atomic E-state index is -0.951. The first-order chi connectivity index (χ1) is 9.36. The van der Waals surface area contributed by atoms with Gasteiger partial charge < -0.3 is 10.1 Å². The number of ether oxygens (including phenoxy) is 1. The number of carbonyl (C=O) groups excluding carboxylic acids is 1. The topological polar surface area (TPSA) is 81.5 Å². The number of nitrogens with zero attached hydrogens (tertiary/aromatic N) is 1. The summed E-state index contributed by atoms with van der Waals surface area (Å²) in [7, 11) is 1.23. The van der Waals surface area contributed by atoms with Gasteiger partial charge in [-0.25, -0.2) is 4.79 Å². The highest BCUT2D eigenvalue weighted by Crippen LogP contribution is 2.28. The molecule has 0 spiro atoms. The molecule has 0 aromatic heterocycles. The molecule has 0 radical (unpaired) electrons. The van der Waals surface area contributed by atoms with Crippen LogP contribution in [0, 0.1) is 21.8 Å². The molecule has 6 nitrogen and oxygen atoms in total. The average molecular weight is 284 g/mol. The Bertz CT molecular complexity index is 505. The fourth-order valence-corrected chi connectivity index (χ4v) is 1.83. The lowest BCUT2D eigenvalue weighted by Gasteiger charge is -2.19. The molecule has 1 aromatic carbocycles. The van der Waals surface area contributed by atoms with Crippen LogP contribution in [-0.2, 0) is 9.53 Å². The highest BCUT2D eigenvalue weighted by Gasteiger charge is 2.26. The Morgan fingerprint density at radius 2 is 2.15 bits per heavy atom. The Hall–Kier alpha value is -2.18. The van der Waals surface area contributed by atoms with E-state index in [-0.39, 0.29) is 11.6 Å². The van der Waals surface area contributed by atoms with Gasteiger partial charge in [0, 0.05) is 0 Å². The van der Waals surface area contributed by atoms with Gasteiger partial charge in [-0.1, -0.05) is 19.9 Å². The number of methoxy groups -OCH3 is 1. The van der Waals surface area contributed by atoms with Gasteiger partial charge in [-0.3, -0.25) is 10.1 Å². The van der Waals surface area contributed by atoms with E-state index in [0.717, 1.165) is 6.07 Å². The number of hydrogen-bond donors (Lipinski definition) is 1. The molecule has 110 valence electrons. The minimum absolute atomic E-state index is 0.0361. The summed E-state index contributed by atoms with van der Waals surface area (Å²) in [4.78, 5) is 21.7. The predicted molar refractivity (Wildman–Crippen MR) is 71.9 cm³/mol. The lowest BCUT2D eigenvalue weighted by molar-refractivity contribution is -0.386. The quantitative estimate of drug-likeness (QED) is 0.493. The van der Waals surface area contributed by atoms with Gasteiger partial charge in [0.25, 0.3) is 0 Å². The van der Waals surface area contributed by atoms with Crippen molar-refractivity contribution >= 4 is 17.3 Å². The van der Waals surface area contributed by atoms with Crippen molar-refractivity contribution in [2.24, 2.45) is 5.92 Å². The second-order valence-electron chi connectivity index (χ2n) is 4.74. The van der Waals surface area contributed by atoms with Crippen molar-refractivity contribution in [3.8, 4) is 0 Å². The van der Waals surface area contributed by atoms with Gasteiger partial charge in [-0.05, 0) is 24.5 Å². The molecule has 1 rings (SSSR count). The first-order valence-electron chi connectivity index (χ1n) is 6.14. The number of halogens is 1. The number of rotatable bonds is 6. The van der Waals surface area contributed by atoms with Gasteiger partial charge in [0.15, 0.2) is 0 Å². The van der Waals surface area contributed by atoms with Crippen LogP contribution in [-0.4, -0.2) is 24.0 Å². The molecule has 1 unspecified atom stereocenters. The molecule has 7 heteroatoms. The highest BCUT2D eigenvalue weighted by molar-refractivity contribution is 5.80. The maximum absolute atomic E-state index is 13.5. The molecule has 1 N–H and O–H groups in total. The van der Waals surface area contributed by atoms with E-state index in [9.17, 15) is 19.3 Å². The monoisotopic (exact) mass is 284 g/mol. The summed E-state index contributed by atoms with van der Waals surface area (Å²) in [6.45, 7) is 3.80. The summed E-state index contributed by atoms with van der Waals surface area (Å²) in [6.07, 6.45) is 0.417. The molecule has 0 saturated heterocycles. The third-order valence-corrected chi connectivity index (χ3v) is 2.69. The van der Waals surface area contributed by atoms with Crippen molar-refractivity contribution in [1.82, 2.24) is 0 Å². The zero-order chi connectivity index (χ0) is 15.3. The summed E-state index contributed by atoms with van der Waals surface area (Å²) >= 11 is 0. The number of nitro benzene ring substituents is 1. The van der Waals surface area contributed by atoms with Crippen LogP contribution in [0.25, 0.3) is 0 Å². The van der Waals surface area contributed by atoms with Crippen LogP contribution in [0.1, 0.15) is 20.3 Å². The highest BCUT2D eigenvalue weighted by atomic mass is 19.1. The lowest BCUT2D eigenvalue weighted by Crippen LogP contribution is -2.32. The number of nitro groups is 1. The number of carbonyl (C=O) groups is 1. The van der Waals surface area contributed by atoms with Crippen LogP contribution in [0.15, 0.2) is 18.2 Å². The molecule has 0 bridgehead atoms. The van der Waals surface area contributed by atoms with Crippen molar-refractivity contribution in [2.75, 3.05) is 12.4 Å². The van der Waals surface area contributed by atoms with Crippen molar-refractivity contribution in [2.45, 2.75) is 26.3 Å². The van der Waals surface area contributed by atoms with Crippen LogP contribution in [0.5, 0.6) is 0 Å². The van der Waals surface area contributed by atoms with E-state index in [1.807, 2.05) is 13.8 Å². The molecular weight excluding hydrogens is 267 g/mol. The molecule has 0 aliphatic heterocycles. The second-order valence-corrected chi connectivity index (χ2v) is 4.74. The van der Waals surface area contributed by atoms with Gasteiger partial charge in [-0.15, -0.1) is 0 Å². The number of esters is 1. The number of anilines is 1. The van der Waals surface area contributed by atoms with Crippen LogP contribution in [0.4, 0.5) is 15.8 Å². The zero-order valence-electron chi connectivity index (χ0n) is 11.6. The van der Waals surface area contributed by atoms with Crippen molar-refractivity contribution < 1.29 is 18.8 Å². The molecule has 0 heterocycles. The van der Waals surface area contributed by atoms with Gasteiger partial charge in [-0.2, -0.15) is 4.39 Å². The van der Waals surface area contributed by atoms with Crippen LogP contribution < -0.4 is 5.32 Å². The molecule has 0 aliphatic carbocycles. The van der Waals surface area contributed by atoms with Crippen LogP contribution in [0.3, 0.4) is 0 Å². The Balaban J connectivity index is 3.08. The van der Waals surface area contributed by atoms with Crippen molar-refractivity contribution in [3.63, 3.8) is 0 Å². The SMILES string of the molecule is COC(=O)C(CC(C)C)Nc1cccc(F)c1[N+](=O)[O-]. The summed E-state index contributed by atoms with van der Waals surface area (Å²) < 4.78 is 18.1. The largest absolute Gasteiger partial charge is 0.467 e. The molecule has 0 aliphatic rings. The van der Waals surface area contributed by atoms with E-state index in [1.165, 1.54) is 19.2 Å². The summed E-state index contributed by atoms with van der Waals surface area (Å²) in [5.74, 6) is -1.33. The fraction of sp³-hybridized carbons (Fsp3) is 0.462. The molecule has 0 saturated carbocycles. The lowest BCUT2D eigenvalue weighted by atomic mass is 10.0. The zero-order valence-corrected chi connectivity index (χ0v) is 11.6. The van der Waals surface area contributed by atoms with Crippen molar-refractivity contribution in [3.05, 3.63) is 34.1 Å².